The zero-order chi connectivity index (χ0) is 20.4. The minimum absolute atomic E-state index is 0.154. The van der Waals surface area contributed by atoms with E-state index in [1.165, 1.54) is 11.3 Å². The number of thiophene rings is 1. The van der Waals surface area contributed by atoms with Crippen molar-refractivity contribution >= 4 is 39.8 Å². The Morgan fingerprint density at radius 1 is 1.17 bits per heavy atom. The van der Waals surface area contributed by atoms with E-state index in [-0.39, 0.29) is 12.4 Å². The molecular weight excluding hydrogens is 410 g/mol. The number of benzene rings is 1. The fourth-order valence-corrected chi connectivity index (χ4v) is 5.00. The van der Waals surface area contributed by atoms with Gasteiger partial charge in [-0.05, 0) is 62.4 Å². The first-order valence-corrected chi connectivity index (χ1v) is 10.8. The molecule has 0 fully saturated rings. The van der Waals surface area contributed by atoms with Crippen LogP contribution in [0.25, 0.3) is 11.3 Å². The molecule has 0 saturated carbocycles. The molecule has 1 N–H and O–H groups in total. The fourth-order valence-electron chi connectivity index (χ4n) is 3.50. The van der Waals surface area contributed by atoms with Crippen LogP contribution >= 0.6 is 22.9 Å². The number of ether oxygens (including phenoxy) is 1. The maximum Gasteiger partial charge on any atom is 0.341 e. The Morgan fingerprint density at radius 3 is 2.76 bits per heavy atom. The minimum Gasteiger partial charge on any atom is -0.462 e. The van der Waals surface area contributed by atoms with Crippen LogP contribution in [-0.2, 0) is 17.6 Å². The van der Waals surface area contributed by atoms with Crippen LogP contribution in [0, 0.1) is 0 Å². The van der Waals surface area contributed by atoms with E-state index in [0.29, 0.717) is 26.9 Å². The molecule has 0 saturated heterocycles. The van der Waals surface area contributed by atoms with Gasteiger partial charge < -0.3 is 14.5 Å². The van der Waals surface area contributed by atoms with Crippen molar-refractivity contribution in [1.29, 1.82) is 0 Å². The van der Waals surface area contributed by atoms with Crippen molar-refractivity contribution < 1.29 is 18.7 Å². The van der Waals surface area contributed by atoms with Gasteiger partial charge in [-0.2, -0.15) is 0 Å². The van der Waals surface area contributed by atoms with Crippen molar-refractivity contribution in [3.63, 3.8) is 0 Å². The number of furan rings is 1. The summed E-state index contributed by atoms with van der Waals surface area (Å²) in [6.07, 6.45) is 3.86. The Labute approximate surface area is 177 Å². The van der Waals surface area contributed by atoms with E-state index in [0.717, 1.165) is 36.1 Å². The molecule has 2 aromatic heterocycles. The summed E-state index contributed by atoms with van der Waals surface area (Å²) in [7, 11) is 0. The van der Waals surface area contributed by atoms with Crippen LogP contribution in [0.4, 0.5) is 5.00 Å². The number of aryl methyl sites for hydroxylation is 1. The molecule has 0 radical (unpaired) electrons. The molecule has 1 aliphatic rings. The van der Waals surface area contributed by atoms with E-state index >= 15 is 0 Å². The molecule has 1 aliphatic carbocycles. The highest BCUT2D eigenvalue weighted by molar-refractivity contribution is 7.17. The Balaban J connectivity index is 1.61. The van der Waals surface area contributed by atoms with E-state index in [9.17, 15) is 9.59 Å². The minimum atomic E-state index is -0.410. The second kappa shape index (κ2) is 8.43. The molecule has 0 atom stereocenters. The van der Waals surface area contributed by atoms with Crippen LogP contribution < -0.4 is 5.32 Å². The maximum atomic E-state index is 12.8. The normalized spacial score (nSPS) is 13.0. The van der Waals surface area contributed by atoms with Gasteiger partial charge in [-0.1, -0.05) is 23.7 Å². The van der Waals surface area contributed by atoms with Crippen LogP contribution in [0.5, 0.6) is 0 Å². The van der Waals surface area contributed by atoms with Crippen molar-refractivity contribution in [3.8, 4) is 11.3 Å². The van der Waals surface area contributed by atoms with Crippen molar-refractivity contribution in [2.24, 2.45) is 0 Å². The van der Waals surface area contributed by atoms with Crippen LogP contribution in [0.3, 0.4) is 0 Å². The van der Waals surface area contributed by atoms with Gasteiger partial charge in [-0.3, -0.25) is 4.79 Å². The number of halogens is 1. The van der Waals surface area contributed by atoms with Gasteiger partial charge in [0, 0.05) is 10.4 Å². The third-order valence-electron chi connectivity index (χ3n) is 4.85. The standard InChI is InChI=1S/C22H20ClNO4S/c1-2-27-22(26)19-14-8-4-6-10-18(14)29-21(19)24-20(25)17-12-11-16(28-17)13-7-3-5-9-15(13)23/h3,5,7,9,11-12H,2,4,6,8,10H2,1H3,(H,24,25). The summed E-state index contributed by atoms with van der Waals surface area (Å²) >= 11 is 7.66. The zero-order valence-corrected chi connectivity index (χ0v) is 17.5. The number of carbonyl (C=O) groups is 2. The van der Waals surface area contributed by atoms with E-state index in [1.807, 2.05) is 18.2 Å². The third kappa shape index (κ3) is 3.95. The molecule has 7 heteroatoms. The van der Waals surface area contributed by atoms with E-state index < -0.39 is 11.9 Å². The lowest BCUT2D eigenvalue weighted by Gasteiger charge is -2.12. The number of rotatable bonds is 5. The van der Waals surface area contributed by atoms with Crippen molar-refractivity contribution in [2.75, 3.05) is 11.9 Å². The van der Waals surface area contributed by atoms with Crippen molar-refractivity contribution in [3.05, 3.63) is 63.2 Å². The molecular formula is C22H20ClNO4S. The topological polar surface area (TPSA) is 68.5 Å². The van der Waals surface area contributed by atoms with Crippen LogP contribution in [0.2, 0.25) is 5.02 Å². The maximum absolute atomic E-state index is 12.8. The highest BCUT2D eigenvalue weighted by Gasteiger charge is 2.28. The Hall–Kier alpha value is -2.57. The molecule has 29 heavy (non-hydrogen) atoms. The zero-order valence-electron chi connectivity index (χ0n) is 15.9. The van der Waals surface area contributed by atoms with Gasteiger partial charge in [0.2, 0.25) is 0 Å². The number of amides is 1. The fraction of sp³-hybridized carbons (Fsp3) is 0.273. The lowest BCUT2D eigenvalue weighted by Crippen LogP contribution is -2.15. The van der Waals surface area contributed by atoms with Gasteiger partial charge in [0.05, 0.1) is 17.2 Å². The summed E-state index contributed by atoms with van der Waals surface area (Å²) in [5.74, 6) is -0.135. The van der Waals surface area contributed by atoms with Gasteiger partial charge in [0.1, 0.15) is 10.8 Å². The number of anilines is 1. The van der Waals surface area contributed by atoms with Crippen molar-refractivity contribution in [2.45, 2.75) is 32.6 Å². The van der Waals surface area contributed by atoms with Crippen LogP contribution in [-0.4, -0.2) is 18.5 Å². The quantitative estimate of drug-likeness (QED) is 0.507. The molecule has 5 nitrogen and oxygen atoms in total. The van der Waals surface area contributed by atoms with Gasteiger partial charge in [-0.15, -0.1) is 11.3 Å². The molecule has 1 aromatic carbocycles. The molecule has 0 aliphatic heterocycles. The number of esters is 1. The summed E-state index contributed by atoms with van der Waals surface area (Å²) in [5.41, 5.74) is 2.20. The Bertz CT molecular complexity index is 1070. The molecule has 3 aromatic rings. The van der Waals surface area contributed by atoms with Crippen LogP contribution in [0.15, 0.2) is 40.8 Å². The largest absolute Gasteiger partial charge is 0.462 e. The van der Waals surface area contributed by atoms with E-state index in [1.54, 1.807) is 25.1 Å². The predicted octanol–water partition coefficient (Wildman–Crippen LogP) is 5.97. The first-order chi connectivity index (χ1) is 14.1. The molecule has 4 rings (SSSR count). The molecule has 0 unspecified atom stereocenters. The van der Waals surface area contributed by atoms with Gasteiger partial charge in [0.15, 0.2) is 5.76 Å². The summed E-state index contributed by atoms with van der Waals surface area (Å²) in [6.45, 7) is 2.06. The average molecular weight is 430 g/mol. The third-order valence-corrected chi connectivity index (χ3v) is 6.38. The molecule has 150 valence electrons. The van der Waals surface area contributed by atoms with E-state index in [2.05, 4.69) is 5.32 Å². The van der Waals surface area contributed by atoms with E-state index in [4.69, 9.17) is 20.8 Å². The summed E-state index contributed by atoms with van der Waals surface area (Å²) < 4.78 is 11.0. The first kappa shape index (κ1) is 19.7. The van der Waals surface area contributed by atoms with Gasteiger partial charge in [-0.25, -0.2) is 4.79 Å². The number of carbonyl (C=O) groups excluding carboxylic acids is 2. The summed E-state index contributed by atoms with van der Waals surface area (Å²) in [6, 6.07) is 10.6. The molecule has 2 heterocycles. The number of nitrogens with one attached hydrogen (secondary N) is 1. The Kier molecular flexibility index (Phi) is 5.74. The summed E-state index contributed by atoms with van der Waals surface area (Å²) in [4.78, 5) is 26.5. The van der Waals surface area contributed by atoms with Crippen LogP contribution in [0.1, 0.15) is 51.1 Å². The SMILES string of the molecule is CCOC(=O)c1c(NC(=O)c2ccc(-c3ccccc3Cl)o2)sc2c1CCCC2. The Morgan fingerprint density at radius 2 is 1.97 bits per heavy atom. The highest BCUT2D eigenvalue weighted by atomic mass is 35.5. The predicted molar refractivity (Wildman–Crippen MR) is 114 cm³/mol. The summed E-state index contributed by atoms with van der Waals surface area (Å²) in [5, 5.41) is 3.92. The van der Waals surface area contributed by atoms with Crippen molar-refractivity contribution in [1.82, 2.24) is 0 Å². The first-order valence-electron chi connectivity index (χ1n) is 9.56. The van der Waals surface area contributed by atoms with Gasteiger partial charge >= 0.3 is 5.97 Å². The lowest BCUT2D eigenvalue weighted by molar-refractivity contribution is 0.0526. The monoisotopic (exact) mass is 429 g/mol. The molecule has 0 bridgehead atoms. The lowest BCUT2D eigenvalue weighted by atomic mass is 9.95. The number of fused-ring (bicyclic) bond motifs is 1. The second-order valence-electron chi connectivity index (χ2n) is 6.73. The highest BCUT2D eigenvalue weighted by Crippen LogP contribution is 2.39. The number of hydrogen-bond acceptors (Lipinski definition) is 5. The smallest absolute Gasteiger partial charge is 0.341 e. The molecule has 0 spiro atoms. The number of hydrogen-bond donors (Lipinski definition) is 1. The second-order valence-corrected chi connectivity index (χ2v) is 8.25. The molecule has 1 amide bonds. The average Bonchev–Trinajstić information content (AvgIpc) is 3.33. The van der Waals surface area contributed by atoms with Gasteiger partial charge in [0.25, 0.3) is 5.91 Å².